The molecule has 1 aliphatic rings. The fourth-order valence-electron chi connectivity index (χ4n) is 2.49. The van der Waals surface area contributed by atoms with Gasteiger partial charge in [-0.1, -0.05) is 6.07 Å². The average Bonchev–Trinajstić information content (AvgIpc) is 2.81. The predicted octanol–water partition coefficient (Wildman–Crippen LogP) is 1.27. The van der Waals surface area contributed by atoms with Crippen molar-refractivity contribution in [3.63, 3.8) is 0 Å². The molecule has 1 amide bonds. The van der Waals surface area contributed by atoms with Crippen molar-refractivity contribution >= 4 is 17.3 Å². The van der Waals surface area contributed by atoms with Crippen molar-refractivity contribution in [1.29, 1.82) is 5.26 Å². The normalized spacial score (nSPS) is 16.2. The lowest BCUT2D eigenvalue weighted by Crippen LogP contribution is -2.28. The lowest BCUT2D eigenvalue weighted by molar-refractivity contribution is -0.117. The number of anilines is 2. The summed E-state index contributed by atoms with van der Waals surface area (Å²) in [5.74, 6) is -0.0369. The van der Waals surface area contributed by atoms with Gasteiger partial charge in [0.05, 0.1) is 19.1 Å². The molecule has 0 aromatic heterocycles. The van der Waals surface area contributed by atoms with Crippen LogP contribution in [0.5, 0.6) is 0 Å². The zero-order chi connectivity index (χ0) is 15.2. The van der Waals surface area contributed by atoms with Crippen LogP contribution in [0.1, 0.15) is 18.0 Å². The summed E-state index contributed by atoms with van der Waals surface area (Å²) in [4.78, 5) is 13.9. The Morgan fingerprint density at radius 3 is 2.95 bits per heavy atom. The Labute approximate surface area is 124 Å². The number of carbonyl (C=O) groups excluding carboxylic acids is 1. The van der Waals surface area contributed by atoms with E-state index >= 15 is 0 Å². The molecule has 2 rings (SSSR count). The first-order chi connectivity index (χ1) is 10.2. The number of ether oxygens (including phenoxy) is 1. The van der Waals surface area contributed by atoms with Crippen LogP contribution in [0.15, 0.2) is 18.2 Å². The summed E-state index contributed by atoms with van der Waals surface area (Å²) in [7, 11) is 3.42. The van der Waals surface area contributed by atoms with Crippen molar-refractivity contribution in [2.24, 2.45) is 0 Å². The Hall–Kier alpha value is -2.10. The van der Waals surface area contributed by atoms with Crippen LogP contribution < -0.4 is 15.5 Å². The Balaban J connectivity index is 2.21. The minimum absolute atomic E-state index is 0.0369. The molecule has 0 saturated carbocycles. The monoisotopic (exact) mass is 288 g/mol. The van der Waals surface area contributed by atoms with Gasteiger partial charge >= 0.3 is 0 Å². The van der Waals surface area contributed by atoms with Gasteiger partial charge < -0.3 is 20.3 Å². The molecule has 0 aliphatic carbocycles. The highest BCUT2D eigenvalue weighted by atomic mass is 16.5. The Morgan fingerprint density at radius 2 is 2.29 bits per heavy atom. The average molecular weight is 288 g/mol. The molecule has 0 radical (unpaired) electrons. The maximum Gasteiger partial charge on any atom is 0.246 e. The van der Waals surface area contributed by atoms with Crippen LogP contribution in [0.3, 0.4) is 0 Å². The van der Waals surface area contributed by atoms with Crippen LogP contribution in [0, 0.1) is 11.3 Å². The first kappa shape index (κ1) is 15.3. The van der Waals surface area contributed by atoms with E-state index in [9.17, 15) is 4.79 Å². The molecule has 0 bridgehead atoms. The smallest absolute Gasteiger partial charge is 0.246 e. The number of nitriles is 1. The first-order valence-electron chi connectivity index (χ1n) is 6.94. The number of benzene rings is 1. The van der Waals surface area contributed by atoms with E-state index in [0.29, 0.717) is 26.1 Å². The summed E-state index contributed by atoms with van der Waals surface area (Å²) in [6.07, 6.45) is 0.451. The number of carbonyl (C=O) groups is 1. The van der Waals surface area contributed by atoms with E-state index in [1.807, 2.05) is 18.2 Å². The maximum absolute atomic E-state index is 11.8. The van der Waals surface area contributed by atoms with Gasteiger partial charge in [0.2, 0.25) is 5.91 Å². The topological polar surface area (TPSA) is 77.4 Å². The highest BCUT2D eigenvalue weighted by Gasteiger charge is 2.29. The number of nitrogens with zero attached hydrogens (tertiary/aromatic N) is 2. The summed E-state index contributed by atoms with van der Waals surface area (Å²) in [6.45, 7) is 1.94. The summed E-state index contributed by atoms with van der Waals surface area (Å²) in [5, 5.41) is 14.7. The van der Waals surface area contributed by atoms with Crippen LogP contribution in [0.2, 0.25) is 0 Å². The van der Waals surface area contributed by atoms with Gasteiger partial charge in [0.25, 0.3) is 0 Å². The third-order valence-electron chi connectivity index (χ3n) is 3.58. The van der Waals surface area contributed by atoms with Crippen molar-refractivity contribution in [3.8, 4) is 6.07 Å². The lowest BCUT2D eigenvalue weighted by atomic mass is 10.1. The van der Waals surface area contributed by atoms with Crippen molar-refractivity contribution in [2.75, 3.05) is 44.1 Å². The molecule has 6 nitrogen and oxygen atoms in total. The fourth-order valence-corrected chi connectivity index (χ4v) is 2.49. The molecule has 1 atom stereocenters. The number of hydrogen-bond donors (Lipinski definition) is 2. The third-order valence-corrected chi connectivity index (χ3v) is 3.58. The molecule has 1 unspecified atom stereocenters. The third kappa shape index (κ3) is 3.32. The molecule has 1 aliphatic heterocycles. The second kappa shape index (κ2) is 7.07. The van der Waals surface area contributed by atoms with Gasteiger partial charge in [-0.25, -0.2) is 0 Å². The molecular formula is C15H20N4O2. The van der Waals surface area contributed by atoms with E-state index < -0.39 is 0 Å². The van der Waals surface area contributed by atoms with Crippen LogP contribution in [-0.2, 0) is 9.53 Å². The lowest BCUT2D eigenvalue weighted by Gasteiger charge is -2.24. The predicted molar refractivity (Wildman–Crippen MR) is 81.2 cm³/mol. The second-order valence-corrected chi connectivity index (χ2v) is 4.87. The largest absolute Gasteiger partial charge is 0.383 e. The quantitative estimate of drug-likeness (QED) is 0.790. The second-order valence-electron chi connectivity index (χ2n) is 4.87. The zero-order valence-electron chi connectivity index (χ0n) is 12.3. The van der Waals surface area contributed by atoms with Crippen molar-refractivity contribution < 1.29 is 9.53 Å². The van der Waals surface area contributed by atoms with E-state index in [4.69, 9.17) is 10.00 Å². The summed E-state index contributed by atoms with van der Waals surface area (Å²) >= 11 is 0. The van der Waals surface area contributed by atoms with Gasteiger partial charge in [0.1, 0.15) is 6.04 Å². The number of methoxy groups -OCH3 is 1. The summed E-state index contributed by atoms with van der Waals surface area (Å²) in [5.41, 5.74) is 2.77. The number of hydrogen-bond acceptors (Lipinski definition) is 5. The van der Waals surface area contributed by atoms with E-state index in [1.54, 1.807) is 14.2 Å². The standard InChI is InChI=1S/C15H20N4O2/c1-17-14-12-5-4-11(10-13(12)18-15(14)20)19(7-3-6-16)8-9-21-2/h4-5,10,14,17H,3,7-9H2,1-2H3,(H,18,20). The maximum atomic E-state index is 11.8. The Bertz CT molecular complexity index is 553. The van der Waals surface area contributed by atoms with Gasteiger partial charge in [-0.3, -0.25) is 4.79 Å². The first-order valence-corrected chi connectivity index (χ1v) is 6.94. The van der Waals surface area contributed by atoms with Crippen molar-refractivity contribution in [3.05, 3.63) is 23.8 Å². The molecule has 2 N–H and O–H groups in total. The molecule has 1 heterocycles. The molecule has 1 aromatic carbocycles. The van der Waals surface area contributed by atoms with Crippen LogP contribution in [0.25, 0.3) is 0 Å². The Kier molecular flexibility index (Phi) is 5.14. The van der Waals surface area contributed by atoms with Crippen molar-refractivity contribution in [2.45, 2.75) is 12.5 Å². The van der Waals surface area contributed by atoms with Gasteiger partial charge in [-0.05, 0) is 19.2 Å². The van der Waals surface area contributed by atoms with E-state index in [1.165, 1.54) is 0 Å². The summed E-state index contributed by atoms with van der Waals surface area (Å²) < 4.78 is 5.11. The van der Waals surface area contributed by atoms with Crippen molar-refractivity contribution in [1.82, 2.24) is 5.32 Å². The molecular weight excluding hydrogens is 268 g/mol. The summed E-state index contributed by atoms with van der Waals surface area (Å²) in [6, 6.07) is 7.76. The highest BCUT2D eigenvalue weighted by Crippen LogP contribution is 2.33. The van der Waals surface area contributed by atoms with Crippen LogP contribution in [0.4, 0.5) is 11.4 Å². The van der Waals surface area contributed by atoms with Crippen LogP contribution in [-0.4, -0.2) is 39.8 Å². The molecule has 0 saturated heterocycles. The molecule has 21 heavy (non-hydrogen) atoms. The number of amides is 1. The molecule has 0 fully saturated rings. The van der Waals surface area contributed by atoms with Crippen LogP contribution >= 0.6 is 0 Å². The molecule has 0 spiro atoms. The van der Waals surface area contributed by atoms with Gasteiger partial charge in [-0.2, -0.15) is 5.26 Å². The molecule has 112 valence electrons. The number of nitrogens with one attached hydrogen (secondary N) is 2. The number of rotatable bonds is 7. The number of fused-ring (bicyclic) bond motifs is 1. The number of likely N-dealkylation sites (N-methyl/N-ethyl adjacent to an activating group) is 1. The minimum atomic E-state index is -0.291. The minimum Gasteiger partial charge on any atom is -0.383 e. The van der Waals surface area contributed by atoms with E-state index in [-0.39, 0.29) is 11.9 Å². The highest BCUT2D eigenvalue weighted by molar-refractivity contribution is 6.03. The zero-order valence-corrected chi connectivity index (χ0v) is 12.3. The van der Waals surface area contributed by atoms with Gasteiger partial charge in [0, 0.05) is 37.1 Å². The van der Waals surface area contributed by atoms with Gasteiger partial charge in [-0.15, -0.1) is 0 Å². The fraction of sp³-hybridized carbons (Fsp3) is 0.467. The SMILES string of the molecule is CNC1C(=O)Nc2cc(N(CCC#N)CCOC)ccc21. The van der Waals surface area contributed by atoms with Gasteiger partial charge in [0.15, 0.2) is 0 Å². The molecule has 6 heteroatoms. The van der Waals surface area contributed by atoms with E-state index in [0.717, 1.165) is 16.9 Å². The van der Waals surface area contributed by atoms with E-state index in [2.05, 4.69) is 21.6 Å². The Morgan fingerprint density at radius 1 is 1.48 bits per heavy atom. The molecule has 1 aromatic rings.